The van der Waals surface area contributed by atoms with E-state index in [1.807, 2.05) is 19.1 Å². The summed E-state index contributed by atoms with van der Waals surface area (Å²) in [6.45, 7) is 3.64. The van der Waals surface area contributed by atoms with Gasteiger partial charge in [-0.3, -0.25) is 4.79 Å². The van der Waals surface area contributed by atoms with E-state index in [2.05, 4.69) is 5.32 Å². The lowest BCUT2D eigenvalue weighted by atomic mass is 10.3. The monoisotopic (exact) mass is 209 g/mol. The normalized spacial score (nSPS) is 9.67. The van der Waals surface area contributed by atoms with Crippen molar-refractivity contribution in [2.24, 2.45) is 0 Å². The van der Waals surface area contributed by atoms with Crippen LogP contribution in [-0.2, 0) is 9.53 Å². The van der Waals surface area contributed by atoms with E-state index >= 15 is 0 Å². The van der Waals surface area contributed by atoms with E-state index in [0.29, 0.717) is 37.7 Å². The molecule has 4 nitrogen and oxygen atoms in total. The van der Waals surface area contributed by atoms with E-state index in [-0.39, 0.29) is 0 Å². The van der Waals surface area contributed by atoms with Crippen molar-refractivity contribution < 1.29 is 14.3 Å². The molecule has 0 aliphatic rings. The molecule has 1 aromatic carbocycles. The molecule has 0 aliphatic heterocycles. The largest absolute Gasteiger partial charge is 0.489 e. The summed E-state index contributed by atoms with van der Waals surface area (Å²) in [6.07, 6.45) is 0.630. The van der Waals surface area contributed by atoms with Crippen LogP contribution in [0.3, 0.4) is 0 Å². The summed E-state index contributed by atoms with van der Waals surface area (Å²) in [5, 5.41) is 2.57. The quantitative estimate of drug-likeness (QED) is 0.549. The van der Waals surface area contributed by atoms with Crippen molar-refractivity contribution in [3.8, 4) is 5.75 Å². The number of anilines is 1. The van der Waals surface area contributed by atoms with Gasteiger partial charge in [-0.2, -0.15) is 0 Å². The first-order valence-corrected chi connectivity index (χ1v) is 4.88. The predicted molar refractivity (Wildman–Crippen MR) is 58.1 cm³/mol. The van der Waals surface area contributed by atoms with Crippen molar-refractivity contribution >= 4 is 12.1 Å². The predicted octanol–water partition coefficient (Wildman–Crippen LogP) is 1.67. The number of rotatable bonds is 7. The first-order chi connectivity index (χ1) is 7.38. The molecule has 1 aromatic rings. The van der Waals surface area contributed by atoms with Crippen molar-refractivity contribution in [3.63, 3.8) is 0 Å². The molecule has 1 N–H and O–H groups in total. The molecule has 0 heterocycles. The molecule has 0 unspecified atom stereocenters. The van der Waals surface area contributed by atoms with Crippen LogP contribution in [0.2, 0.25) is 0 Å². The SMILES string of the molecule is CCOCCOc1ccccc1NC=O. The Bertz CT molecular complexity index is 302. The van der Waals surface area contributed by atoms with E-state index in [0.717, 1.165) is 0 Å². The lowest BCUT2D eigenvalue weighted by Crippen LogP contribution is -2.07. The summed E-state index contributed by atoms with van der Waals surface area (Å²) in [5.74, 6) is 0.657. The molecule has 0 fully saturated rings. The van der Waals surface area contributed by atoms with Gasteiger partial charge < -0.3 is 14.8 Å². The Morgan fingerprint density at radius 1 is 1.33 bits per heavy atom. The van der Waals surface area contributed by atoms with Crippen LogP contribution in [0.5, 0.6) is 5.75 Å². The number of amides is 1. The fraction of sp³-hybridized carbons (Fsp3) is 0.364. The summed E-state index contributed by atoms with van der Waals surface area (Å²) in [4.78, 5) is 10.3. The maximum Gasteiger partial charge on any atom is 0.211 e. The van der Waals surface area contributed by atoms with Crippen molar-refractivity contribution in [2.75, 3.05) is 25.1 Å². The van der Waals surface area contributed by atoms with Crippen LogP contribution < -0.4 is 10.1 Å². The number of para-hydroxylation sites is 2. The van der Waals surface area contributed by atoms with Gasteiger partial charge in [0.25, 0.3) is 0 Å². The van der Waals surface area contributed by atoms with Gasteiger partial charge in [-0.05, 0) is 19.1 Å². The first kappa shape index (κ1) is 11.5. The molecule has 0 radical (unpaired) electrons. The van der Waals surface area contributed by atoms with Crippen molar-refractivity contribution in [1.29, 1.82) is 0 Å². The van der Waals surface area contributed by atoms with Gasteiger partial charge in [-0.1, -0.05) is 12.1 Å². The van der Waals surface area contributed by atoms with Crippen LogP contribution in [0.1, 0.15) is 6.92 Å². The molecule has 4 heteroatoms. The molecule has 0 bridgehead atoms. The average Bonchev–Trinajstić information content (AvgIpc) is 2.27. The van der Waals surface area contributed by atoms with Crippen LogP contribution in [-0.4, -0.2) is 26.2 Å². The summed E-state index contributed by atoms with van der Waals surface area (Å²) < 4.78 is 10.6. The Balaban J connectivity index is 2.47. The van der Waals surface area contributed by atoms with Crippen LogP contribution >= 0.6 is 0 Å². The second-order valence-corrected chi connectivity index (χ2v) is 2.80. The van der Waals surface area contributed by atoms with Crippen molar-refractivity contribution in [2.45, 2.75) is 6.92 Å². The maximum absolute atomic E-state index is 10.3. The fourth-order valence-electron chi connectivity index (χ4n) is 1.13. The van der Waals surface area contributed by atoms with E-state index < -0.39 is 0 Å². The molecule has 0 aliphatic carbocycles. The minimum absolute atomic E-state index is 0.478. The smallest absolute Gasteiger partial charge is 0.211 e. The van der Waals surface area contributed by atoms with Crippen LogP contribution in [0.25, 0.3) is 0 Å². The Hall–Kier alpha value is -1.55. The van der Waals surface area contributed by atoms with Crippen LogP contribution in [0.15, 0.2) is 24.3 Å². The number of hydrogen-bond donors (Lipinski definition) is 1. The zero-order chi connectivity index (χ0) is 10.9. The third-order valence-electron chi connectivity index (χ3n) is 1.79. The number of hydrogen-bond acceptors (Lipinski definition) is 3. The summed E-state index contributed by atoms with van der Waals surface area (Å²) in [6, 6.07) is 7.27. The Morgan fingerprint density at radius 2 is 2.13 bits per heavy atom. The minimum Gasteiger partial charge on any atom is -0.489 e. The molecule has 82 valence electrons. The highest BCUT2D eigenvalue weighted by Crippen LogP contribution is 2.22. The third-order valence-corrected chi connectivity index (χ3v) is 1.79. The van der Waals surface area contributed by atoms with E-state index in [9.17, 15) is 4.79 Å². The third kappa shape index (κ3) is 3.99. The highest BCUT2D eigenvalue weighted by atomic mass is 16.5. The van der Waals surface area contributed by atoms with Gasteiger partial charge in [0.2, 0.25) is 6.41 Å². The second-order valence-electron chi connectivity index (χ2n) is 2.80. The molecule has 1 amide bonds. The summed E-state index contributed by atoms with van der Waals surface area (Å²) >= 11 is 0. The molecule has 0 atom stereocenters. The highest BCUT2D eigenvalue weighted by Gasteiger charge is 2.00. The Kier molecular flexibility index (Phi) is 5.25. The number of carbonyl (C=O) groups is 1. The second kappa shape index (κ2) is 6.84. The van der Waals surface area contributed by atoms with Crippen molar-refractivity contribution in [3.05, 3.63) is 24.3 Å². The average molecular weight is 209 g/mol. The topological polar surface area (TPSA) is 47.6 Å². The van der Waals surface area contributed by atoms with Gasteiger partial charge in [-0.25, -0.2) is 0 Å². The maximum atomic E-state index is 10.3. The zero-order valence-corrected chi connectivity index (χ0v) is 8.73. The van der Waals surface area contributed by atoms with Gasteiger partial charge >= 0.3 is 0 Å². The number of ether oxygens (including phenoxy) is 2. The summed E-state index contributed by atoms with van der Waals surface area (Å²) in [5.41, 5.74) is 0.670. The standard InChI is InChI=1S/C11H15NO3/c1-2-14-7-8-15-11-6-4-3-5-10(11)12-9-13/h3-6,9H,2,7-8H2,1H3,(H,12,13). The van der Waals surface area contributed by atoms with Crippen molar-refractivity contribution in [1.82, 2.24) is 0 Å². The molecule has 0 saturated carbocycles. The Labute approximate surface area is 89.2 Å². The Morgan fingerprint density at radius 3 is 2.87 bits per heavy atom. The van der Waals surface area contributed by atoms with Gasteiger partial charge in [0, 0.05) is 6.61 Å². The van der Waals surface area contributed by atoms with Gasteiger partial charge in [0.1, 0.15) is 12.4 Å². The molecule has 0 spiro atoms. The van der Waals surface area contributed by atoms with E-state index in [4.69, 9.17) is 9.47 Å². The first-order valence-electron chi connectivity index (χ1n) is 4.88. The minimum atomic E-state index is 0.478. The number of benzene rings is 1. The van der Waals surface area contributed by atoms with E-state index in [1.54, 1.807) is 12.1 Å². The summed E-state index contributed by atoms with van der Waals surface area (Å²) in [7, 11) is 0. The highest BCUT2D eigenvalue weighted by molar-refractivity contribution is 5.75. The lowest BCUT2D eigenvalue weighted by molar-refractivity contribution is -0.105. The lowest BCUT2D eigenvalue weighted by Gasteiger charge is -2.09. The zero-order valence-electron chi connectivity index (χ0n) is 8.73. The van der Waals surface area contributed by atoms with Gasteiger partial charge in [0.05, 0.1) is 12.3 Å². The van der Waals surface area contributed by atoms with Crippen LogP contribution in [0, 0.1) is 0 Å². The van der Waals surface area contributed by atoms with Gasteiger partial charge in [0.15, 0.2) is 0 Å². The molecule has 0 saturated heterocycles. The van der Waals surface area contributed by atoms with E-state index in [1.165, 1.54) is 0 Å². The molecular formula is C11H15NO3. The van der Waals surface area contributed by atoms with Crippen LogP contribution in [0.4, 0.5) is 5.69 Å². The number of nitrogens with one attached hydrogen (secondary N) is 1. The molecule has 0 aromatic heterocycles. The molecule has 15 heavy (non-hydrogen) atoms. The molecular weight excluding hydrogens is 194 g/mol. The van der Waals surface area contributed by atoms with Gasteiger partial charge in [-0.15, -0.1) is 0 Å². The fourth-order valence-corrected chi connectivity index (χ4v) is 1.13. The molecule has 1 rings (SSSR count). The number of carbonyl (C=O) groups excluding carboxylic acids is 1.